The van der Waals surface area contributed by atoms with Gasteiger partial charge in [-0.05, 0) is 116 Å². The molecule has 0 aliphatic rings. The minimum Gasteiger partial charge on any atom is -0.355 e. The molecule has 7 aromatic carbocycles. The summed E-state index contributed by atoms with van der Waals surface area (Å²) in [6.07, 6.45) is 0. The Balaban J connectivity index is 0.000000175. The van der Waals surface area contributed by atoms with Crippen LogP contribution < -0.4 is 10.2 Å². The Morgan fingerprint density at radius 3 is 1.32 bits per heavy atom. The molecule has 0 unspecified atom stereocenters. The number of hydrogen-bond donors (Lipinski definition) is 1. The van der Waals surface area contributed by atoms with E-state index in [2.05, 4.69) is 177 Å². The maximum Gasteiger partial charge on any atom is 0.0491 e. The molecule has 0 saturated carbocycles. The number of rotatable bonds is 7. The first kappa shape index (κ1) is 34.6. The Morgan fingerprint density at radius 1 is 0.400 bits per heavy atom. The monoisotopic (exact) mass is 690 g/mol. The van der Waals surface area contributed by atoms with Gasteiger partial charge in [0.15, 0.2) is 0 Å². The number of nitrogens with zero attached hydrogens (tertiary/aromatic N) is 1. The highest BCUT2D eigenvalue weighted by Gasteiger charge is 2.13. The van der Waals surface area contributed by atoms with Crippen molar-refractivity contribution in [2.75, 3.05) is 10.2 Å². The molecule has 0 radical (unpaired) electrons. The van der Waals surface area contributed by atoms with Crippen LogP contribution in [-0.4, -0.2) is 0 Å². The van der Waals surface area contributed by atoms with E-state index in [0.29, 0.717) is 10.0 Å². The number of benzene rings is 7. The maximum absolute atomic E-state index is 6.21. The number of hydrogen-bond acceptors (Lipinski definition) is 2. The molecule has 1 N–H and O–H groups in total. The van der Waals surface area contributed by atoms with E-state index in [0.717, 1.165) is 28.4 Å². The van der Waals surface area contributed by atoms with Crippen LogP contribution in [0.1, 0.15) is 22.3 Å². The van der Waals surface area contributed by atoms with Crippen LogP contribution >= 0.6 is 23.2 Å². The van der Waals surface area contributed by atoms with Gasteiger partial charge in [-0.25, -0.2) is 0 Å². The molecule has 248 valence electrons. The summed E-state index contributed by atoms with van der Waals surface area (Å²) in [5.41, 5.74) is 15.3. The van der Waals surface area contributed by atoms with Crippen LogP contribution in [0.5, 0.6) is 0 Å². The number of aryl methyl sites for hydroxylation is 4. The van der Waals surface area contributed by atoms with Crippen molar-refractivity contribution in [1.29, 1.82) is 0 Å². The molecule has 0 heterocycles. The summed E-state index contributed by atoms with van der Waals surface area (Å²) >= 11 is 12.4. The van der Waals surface area contributed by atoms with Gasteiger partial charge in [0, 0.05) is 38.5 Å². The van der Waals surface area contributed by atoms with Gasteiger partial charge in [-0.15, -0.1) is 0 Å². The molecular formula is C46H40Cl2N2. The second kappa shape index (κ2) is 16.0. The minimum absolute atomic E-state index is 0.622. The van der Waals surface area contributed by atoms with Crippen molar-refractivity contribution in [1.82, 2.24) is 0 Å². The van der Waals surface area contributed by atoms with Gasteiger partial charge in [-0.1, -0.05) is 143 Å². The third-order valence-corrected chi connectivity index (χ3v) is 9.00. The molecular weight excluding hydrogens is 651 g/mol. The largest absolute Gasteiger partial charge is 0.355 e. The predicted octanol–water partition coefficient (Wildman–Crippen LogP) is 14.5. The first-order valence-corrected chi connectivity index (χ1v) is 17.5. The van der Waals surface area contributed by atoms with Crippen molar-refractivity contribution >= 4 is 51.6 Å². The lowest BCUT2D eigenvalue weighted by Gasteiger charge is -2.26. The highest BCUT2D eigenvalue weighted by molar-refractivity contribution is 6.35. The molecule has 7 aromatic rings. The van der Waals surface area contributed by atoms with Gasteiger partial charge in [-0.2, -0.15) is 0 Å². The van der Waals surface area contributed by atoms with Crippen molar-refractivity contribution in [3.05, 3.63) is 196 Å². The smallest absolute Gasteiger partial charge is 0.0491 e. The van der Waals surface area contributed by atoms with E-state index in [-0.39, 0.29) is 0 Å². The first-order valence-electron chi connectivity index (χ1n) is 16.7. The van der Waals surface area contributed by atoms with E-state index in [1.165, 1.54) is 44.5 Å². The third kappa shape index (κ3) is 8.84. The second-order valence-electron chi connectivity index (χ2n) is 12.6. The standard InChI is InChI=1S/C26H23N.C20H17Cl2N/c1-19-8-17-26(20(2)18-19)27-25-15-13-24(14-16-25)23-11-9-22(10-12-23)21-6-4-3-5-7-21;1-14-3-7-18(8-4-14)23(19-9-5-15(2)6-10-19)20-12-16(21)11-17(22)13-20/h3-18,27H,1-2H3;3-13H,1-2H3. The molecule has 0 spiro atoms. The van der Waals surface area contributed by atoms with Crippen molar-refractivity contribution in [3.63, 3.8) is 0 Å². The van der Waals surface area contributed by atoms with Gasteiger partial charge in [0.1, 0.15) is 0 Å². The molecule has 0 aliphatic heterocycles. The predicted molar refractivity (Wildman–Crippen MR) is 217 cm³/mol. The summed E-state index contributed by atoms with van der Waals surface area (Å²) in [4.78, 5) is 2.15. The molecule has 0 saturated heterocycles. The van der Waals surface area contributed by atoms with Gasteiger partial charge in [-0.3, -0.25) is 0 Å². The van der Waals surface area contributed by atoms with E-state index in [4.69, 9.17) is 23.2 Å². The number of anilines is 5. The fourth-order valence-corrected chi connectivity index (χ4v) is 6.36. The molecule has 4 heteroatoms. The van der Waals surface area contributed by atoms with E-state index < -0.39 is 0 Å². The summed E-state index contributed by atoms with van der Waals surface area (Å²) in [6, 6.07) is 56.7. The summed E-state index contributed by atoms with van der Waals surface area (Å²) in [6.45, 7) is 8.42. The fraction of sp³-hybridized carbons (Fsp3) is 0.0870. The zero-order chi connectivity index (χ0) is 35.0. The van der Waals surface area contributed by atoms with E-state index in [1.54, 1.807) is 6.07 Å². The van der Waals surface area contributed by atoms with Crippen molar-refractivity contribution in [2.24, 2.45) is 0 Å². The average Bonchev–Trinajstić information content (AvgIpc) is 3.12. The topological polar surface area (TPSA) is 15.3 Å². The summed E-state index contributed by atoms with van der Waals surface area (Å²) in [5.74, 6) is 0. The quantitative estimate of drug-likeness (QED) is 0.179. The Bertz CT molecular complexity index is 2090. The molecule has 0 atom stereocenters. The van der Waals surface area contributed by atoms with Gasteiger partial charge in [0.05, 0.1) is 0 Å². The molecule has 50 heavy (non-hydrogen) atoms. The Labute approximate surface area is 306 Å². The molecule has 0 amide bonds. The average molecular weight is 692 g/mol. The lowest BCUT2D eigenvalue weighted by molar-refractivity contribution is 1.27. The van der Waals surface area contributed by atoms with Crippen LogP contribution in [-0.2, 0) is 0 Å². The third-order valence-electron chi connectivity index (χ3n) is 8.56. The zero-order valence-electron chi connectivity index (χ0n) is 28.8. The van der Waals surface area contributed by atoms with Gasteiger partial charge in [0.25, 0.3) is 0 Å². The van der Waals surface area contributed by atoms with Gasteiger partial charge < -0.3 is 10.2 Å². The highest BCUT2D eigenvalue weighted by Crippen LogP contribution is 2.37. The molecule has 0 aliphatic carbocycles. The van der Waals surface area contributed by atoms with E-state index in [9.17, 15) is 0 Å². The number of nitrogens with one attached hydrogen (secondary N) is 1. The fourth-order valence-electron chi connectivity index (χ4n) is 5.84. The lowest BCUT2D eigenvalue weighted by atomic mass is 10.0. The van der Waals surface area contributed by atoms with Crippen LogP contribution in [0.25, 0.3) is 22.3 Å². The van der Waals surface area contributed by atoms with E-state index in [1.807, 2.05) is 18.2 Å². The molecule has 0 fully saturated rings. The summed E-state index contributed by atoms with van der Waals surface area (Å²) in [7, 11) is 0. The zero-order valence-corrected chi connectivity index (χ0v) is 30.3. The molecule has 7 rings (SSSR count). The highest BCUT2D eigenvalue weighted by atomic mass is 35.5. The first-order chi connectivity index (χ1) is 24.2. The molecule has 2 nitrogen and oxygen atoms in total. The van der Waals surface area contributed by atoms with Crippen LogP contribution in [0.2, 0.25) is 10.0 Å². The second-order valence-corrected chi connectivity index (χ2v) is 13.5. The summed E-state index contributed by atoms with van der Waals surface area (Å²) < 4.78 is 0. The Kier molecular flexibility index (Phi) is 11.0. The molecule has 0 aromatic heterocycles. The Morgan fingerprint density at radius 2 is 0.840 bits per heavy atom. The van der Waals surface area contributed by atoms with Crippen molar-refractivity contribution in [2.45, 2.75) is 27.7 Å². The minimum atomic E-state index is 0.622. The Hall–Kier alpha value is -5.28. The SMILES string of the molecule is Cc1ccc(N(c2ccc(C)cc2)c2cc(Cl)cc(Cl)c2)cc1.Cc1ccc(Nc2ccc(-c3ccc(-c4ccccc4)cc3)cc2)c(C)c1. The van der Waals surface area contributed by atoms with Crippen LogP contribution in [0, 0.1) is 27.7 Å². The maximum atomic E-state index is 6.21. The lowest BCUT2D eigenvalue weighted by Crippen LogP contribution is -2.10. The van der Waals surface area contributed by atoms with Crippen LogP contribution in [0.15, 0.2) is 164 Å². The van der Waals surface area contributed by atoms with Crippen LogP contribution in [0.3, 0.4) is 0 Å². The van der Waals surface area contributed by atoms with Gasteiger partial charge >= 0.3 is 0 Å². The van der Waals surface area contributed by atoms with Gasteiger partial charge in [0.2, 0.25) is 0 Å². The number of halogens is 2. The van der Waals surface area contributed by atoms with Crippen molar-refractivity contribution < 1.29 is 0 Å². The van der Waals surface area contributed by atoms with E-state index >= 15 is 0 Å². The van der Waals surface area contributed by atoms with Crippen LogP contribution in [0.4, 0.5) is 28.4 Å². The normalized spacial score (nSPS) is 10.6. The summed E-state index contributed by atoms with van der Waals surface area (Å²) in [5, 5.41) is 4.75. The molecule has 0 bridgehead atoms. The van der Waals surface area contributed by atoms with Crippen molar-refractivity contribution in [3.8, 4) is 22.3 Å².